The molecule has 0 spiro atoms. The molecule has 2 nitrogen and oxygen atoms in total. The van der Waals surface area contributed by atoms with Crippen LogP contribution >= 0.6 is 0 Å². The second-order valence-electron chi connectivity index (χ2n) is 4.45. The van der Waals surface area contributed by atoms with Crippen molar-refractivity contribution < 1.29 is 9.50 Å². The quantitative estimate of drug-likeness (QED) is 0.717. The standard InChI is InChI=1S/C10H18FNO/c11-5-10(13)7-12-6-8-2-1-3-9(12)4-8/h8-10,13H,1-7H2. The van der Waals surface area contributed by atoms with Crippen molar-refractivity contribution in [2.75, 3.05) is 19.8 Å². The highest BCUT2D eigenvalue weighted by Gasteiger charge is 2.35. The van der Waals surface area contributed by atoms with Crippen molar-refractivity contribution in [3.63, 3.8) is 0 Å². The van der Waals surface area contributed by atoms with Crippen LogP contribution in [-0.2, 0) is 0 Å². The molecule has 3 atom stereocenters. The van der Waals surface area contributed by atoms with Crippen LogP contribution in [0.1, 0.15) is 25.7 Å². The molecule has 1 N–H and O–H groups in total. The molecule has 76 valence electrons. The summed E-state index contributed by atoms with van der Waals surface area (Å²) in [6, 6.07) is 0.639. The third-order valence-electron chi connectivity index (χ3n) is 3.39. The molecule has 2 rings (SSSR count). The van der Waals surface area contributed by atoms with Crippen LogP contribution < -0.4 is 0 Å². The molecular formula is C10H18FNO. The second kappa shape index (κ2) is 3.93. The first-order chi connectivity index (χ1) is 6.29. The van der Waals surface area contributed by atoms with Gasteiger partial charge in [-0.05, 0) is 25.2 Å². The number of halogens is 1. The molecule has 0 aromatic rings. The molecule has 1 aliphatic carbocycles. The van der Waals surface area contributed by atoms with Gasteiger partial charge in [-0.3, -0.25) is 4.90 Å². The van der Waals surface area contributed by atoms with Gasteiger partial charge in [-0.25, -0.2) is 4.39 Å². The molecule has 2 bridgehead atoms. The van der Waals surface area contributed by atoms with Gasteiger partial charge in [-0.2, -0.15) is 0 Å². The van der Waals surface area contributed by atoms with E-state index in [1.165, 1.54) is 25.7 Å². The minimum absolute atomic E-state index is 0.539. The van der Waals surface area contributed by atoms with Crippen molar-refractivity contribution in [3.8, 4) is 0 Å². The van der Waals surface area contributed by atoms with E-state index >= 15 is 0 Å². The van der Waals surface area contributed by atoms with Crippen molar-refractivity contribution in [3.05, 3.63) is 0 Å². The van der Waals surface area contributed by atoms with Gasteiger partial charge in [-0.15, -0.1) is 0 Å². The molecule has 2 aliphatic rings. The fraction of sp³-hybridized carbons (Fsp3) is 1.00. The number of hydrogen-bond donors (Lipinski definition) is 1. The minimum Gasteiger partial charge on any atom is -0.389 e. The van der Waals surface area contributed by atoms with Crippen LogP contribution in [0.3, 0.4) is 0 Å². The van der Waals surface area contributed by atoms with E-state index in [0.29, 0.717) is 12.6 Å². The molecule has 1 saturated heterocycles. The Hall–Kier alpha value is -0.150. The molecule has 0 amide bonds. The van der Waals surface area contributed by atoms with Gasteiger partial charge in [0.1, 0.15) is 6.67 Å². The van der Waals surface area contributed by atoms with Crippen LogP contribution in [0, 0.1) is 5.92 Å². The smallest absolute Gasteiger partial charge is 0.117 e. The number of β-amino-alcohol motifs (C(OH)–C–C–N with tert-alkyl or cyclic N) is 1. The fourth-order valence-electron chi connectivity index (χ4n) is 2.78. The van der Waals surface area contributed by atoms with Gasteiger partial charge in [0.2, 0.25) is 0 Å². The van der Waals surface area contributed by atoms with E-state index in [9.17, 15) is 9.50 Å². The number of likely N-dealkylation sites (tertiary alicyclic amines) is 1. The predicted octanol–water partition coefficient (Wildman–Crippen LogP) is 1.19. The lowest BCUT2D eigenvalue weighted by molar-refractivity contribution is 0.0834. The lowest BCUT2D eigenvalue weighted by Gasteiger charge is -2.25. The Morgan fingerprint density at radius 3 is 3.00 bits per heavy atom. The van der Waals surface area contributed by atoms with Crippen LogP contribution in [0.25, 0.3) is 0 Å². The zero-order chi connectivity index (χ0) is 9.26. The SMILES string of the molecule is OC(CF)CN1CC2CCCC1C2. The number of aliphatic hydroxyl groups is 1. The summed E-state index contributed by atoms with van der Waals surface area (Å²) in [6.07, 6.45) is 4.41. The van der Waals surface area contributed by atoms with E-state index in [2.05, 4.69) is 4.90 Å². The highest BCUT2D eigenvalue weighted by molar-refractivity contribution is 4.89. The summed E-state index contributed by atoms with van der Waals surface area (Å²) in [6.45, 7) is 1.02. The van der Waals surface area contributed by atoms with Crippen molar-refractivity contribution in [1.29, 1.82) is 0 Å². The second-order valence-corrected chi connectivity index (χ2v) is 4.45. The number of fused-ring (bicyclic) bond motifs is 2. The number of hydrogen-bond acceptors (Lipinski definition) is 2. The largest absolute Gasteiger partial charge is 0.389 e. The molecule has 0 aromatic heterocycles. The Kier molecular flexibility index (Phi) is 2.84. The Morgan fingerprint density at radius 2 is 2.31 bits per heavy atom. The van der Waals surface area contributed by atoms with Crippen LogP contribution in [0.15, 0.2) is 0 Å². The van der Waals surface area contributed by atoms with Crippen molar-refractivity contribution in [2.45, 2.75) is 37.8 Å². The van der Waals surface area contributed by atoms with E-state index in [4.69, 9.17) is 0 Å². The van der Waals surface area contributed by atoms with Gasteiger partial charge in [0, 0.05) is 19.1 Å². The summed E-state index contributed by atoms with van der Waals surface area (Å²) in [4.78, 5) is 2.28. The van der Waals surface area contributed by atoms with E-state index in [1.54, 1.807) is 0 Å². The van der Waals surface area contributed by atoms with Crippen molar-refractivity contribution >= 4 is 0 Å². The van der Waals surface area contributed by atoms with Gasteiger partial charge in [0.25, 0.3) is 0 Å². The maximum atomic E-state index is 12.1. The number of rotatable bonds is 3. The topological polar surface area (TPSA) is 23.5 Å². The first kappa shape index (κ1) is 9.41. The normalized spacial score (nSPS) is 36.5. The van der Waals surface area contributed by atoms with Crippen LogP contribution in [0.5, 0.6) is 0 Å². The van der Waals surface area contributed by atoms with Crippen molar-refractivity contribution in [1.82, 2.24) is 4.90 Å². The van der Waals surface area contributed by atoms with Crippen LogP contribution in [0.2, 0.25) is 0 Å². The Bertz CT molecular complexity index is 176. The molecule has 0 radical (unpaired) electrons. The molecule has 3 heteroatoms. The van der Waals surface area contributed by atoms with Gasteiger partial charge < -0.3 is 5.11 Å². The average molecular weight is 187 g/mol. The maximum absolute atomic E-state index is 12.1. The highest BCUT2D eigenvalue weighted by Crippen LogP contribution is 2.35. The zero-order valence-corrected chi connectivity index (χ0v) is 7.95. The summed E-state index contributed by atoms with van der Waals surface area (Å²) in [5.41, 5.74) is 0. The number of alkyl halides is 1. The summed E-state index contributed by atoms with van der Waals surface area (Å²) in [5.74, 6) is 0.825. The number of nitrogens with zero attached hydrogens (tertiary/aromatic N) is 1. The van der Waals surface area contributed by atoms with Crippen LogP contribution in [-0.4, -0.2) is 41.9 Å². The first-order valence-corrected chi connectivity index (χ1v) is 5.27. The summed E-state index contributed by atoms with van der Waals surface area (Å²) in [5, 5.41) is 9.22. The van der Waals surface area contributed by atoms with Crippen LogP contribution in [0.4, 0.5) is 4.39 Å². The van der Waals surface area contributed by atoms with E-state index in [-0.39, 0.29) is 0 Å². The van der Waals surface area contributed by atoms with Gasteiger partial charge in [0.15, 0.2) is 0 Å². The van der Waals surface area contributed by atoms with Gasteiger partial charge >= 0.3 is 0 Å². The Morgan fingerprint density at radius 1 is 1.46 bits per heavy atom. The molecule has 1 saturated carbocycles. The van der Waals surface area contributed by atoms with E-state index < -0.39 is 12.8 Å². The summed E-state index contributed by atoms with van der Waals surface area (Å²) < 4.78 is 12.1. The van der Waals surface area contributed by atoms with Gasteiger partial charge in [-0.1, -0.05) is 6.42 Å². The third kappa shape index (κ3) is 2.02. The van der Waals surface area contributed by atoms with E-state index in [0.717, 1.165) is 12.5 Å². The Balaban J connectivity index is 1.86. The third-order valence-corrected chi connectivity index (χ3v) is 3.39. The molecule has 13 heavy (non-hydrogen) atoms. The molecule has 2 fully saturated rings. The fourth-order valence-corrected chi connectivity index (χ4v) is 2.78. The summed E-state index contributed by atoms with van der Waals surface area (Å²) >= 11 is 0. The Labute approximate surface area is 78.7 Å². The lowest BCUT2D eigenvalue weighted by Crippen LogP contribution is -2.36. The first-order valence-electron chi connectivity index (χ1n) is 5.27. The zero-order valence-electron chi connectivity index (χ0n) is 7.95. The van der Waals surface area contributed by atoms with E-state index in [1.807, 2.05) is 0 Å². The highest BCUT2D eigenvalue weighted by atomic mass is 19.1. The molecule has 1 heterocycles. The predicted molar refractivity (Wildman–Crippen MR) is 49.3 cm³/mol. The average Bonchev–Trinajstić information content (AvgIpc) is 2.42. The lowest BCUT2D eigenvalue weighted by atomic mass is 9.90. The molecule has 3 unspecified atom stereocenters. The molecule has 0 aromatic carbocycles. The van der Waals surface area contributed by atoms with Crippen molar-refractivity contribution in [2.24, 2.45) is 5.92 Å². The maximum Gasteiger partial charge on any atom is 0.117 e. The minimum atomic E-state index is -0.764. The van der Waals surface area contributed by atoms with Gasteiger partial charge in [0.05, 0.1) is 6.10 Å². The monoisotopic (exact) mass is 187 g/mol. The molecular weight excluding hydrogens is 169 g/mol. The molecule has 1 aliphatic heterocycles. The number of aliphatic hydroxyl groups excluding tert-OH is 1. The summed E-state index contributed by atoms with van der Waals surface area (Å²) in [7, 11) is 0.